The molecule has 6 nitrogen and oxygen atoms in total. The molecule has 1 fully saturated rings. The van der Waals surface area contributed by atoms with Crippen molar-refractivity contribution in [1.82, 2.24) is 4.90 Å². The Morgan fingerprint density at radius 1 is 1.52 bits per heavy atom. The second-order valence-electron chi connectivity index (χ2n) is 4.96. The zero-order valence-electron chi connectivity index (χ0n) is 12.3. The fourth-order valence-corrected chi connectivity index (χ4v) is 2.29. The van der Waals surface area contributed by atoms with Gasteiger partial charge in [0.25, 0.3) is 0 Å². The Hall–Kier alpha value is -2.24. The number of methoxy groups -OCH3 is 1. The molecular weight excluding hydrogens is 268 g/mol. The van der Waals surface area contributed by atoms with Crippen molar-refractivity contribution in [3.63, 3.8) is 0 Å². The minimum Gasteiger partial charge on any atom is -0.497 e. The van der Waals surface area contributed by atoms with Crippen LogP contribution in [0.4, 0.5) is 5.69 Å². The van der Waals surface area contributed by atoms with E-state index in [0.717, 1.165) is 37.4 Å². The Bertz CT molecular complexity index is 516. The molecule has 1 amide bonds. The number of aliphatic imine (C=N–C) groups is 1. The lowest BCUT2D eigenvalue weighted by molar-refractivity contribution is -0.127. The summed E-state index contributed by atoms with van der Waals surface area (Å²) in [6.07, 6.45) is 2.48. The van der Waals surface area contributed by atoms with Gasteiger partial charge in [-0.05, 0) is 25.0 Å². The summed E-state index contributed by atoms with van der Waals surface area (Å²) in [5.74, 6) is 1.39. The van der Waals surface area contributed by atoms with E-state index in [9.17, 15) is 4.79 Å². The first-order valence-corrected chi connectivity index (χ1v) is 7.18. The standard InChI is InChI=1S/C15H22N4O2/c1-21-13-6-2-5-12(11-13)18-15(16)17-8-4-10-19-9-3-7-14(19)20/h2,5-6,11H,3-4,7-10H2,1H3,(H3,16,17,18). The summed E-state index contributed by atoms with van der Waals surface area (Å²) < 4.78 is 5.14. The lowest BCUT2D eigenvalue weighted by atomic mass is 10.3. The summed E-state index contributed by atoms with van der Waals surface area (Å²) in [4.78, 5) is 17.6. The molecule has 1 aromatic carbocycles. The Morgan fingerprint density at radius 3 is 3.10 bits per heavy atom. The number of rotatable bonds is 6. The highest BCUT2D eigenvalue weighted by Crippen LogP contribution is 2.16. The fourth-order valence-electron chi connectivity index (χ4n) is 2.29. The number of amides is 1. The zero-order valence-corrected chi connectivity index (χ0v) is 12.3. The SMILES string of the molecule is COc1cccc(NC(N)=NCCCN2CCCC2=O)c1. The minimum absolute atomic E-state index is 0.251. The molecule has 0 aliphatic carbocycles. The highest BCUT2D eigenvalue weighted by atomic mass is 16.5. The van der Waals surface area contributed by atoms with E-state index in [1.54, 1.807) is 7.11 Å². The van der Waals surface area contributed by atoms with Crippen LogP contribution in [0.2, 0.25) is 0 Å². The van der Waals surface area contributed by atoms with E-state index in [1.807, 2.05) is 29.2 Å². The van der Waals surface area contributed by atoms with Crippen LogP contribution >= 0.6 is 0 Å². The third-order valence-electron chi connectivity index (χ3n) is 3.38. The number of nitrogens with zero attached hydrogens (tertiary/aromatic N) is 2. The Balaban J connectivity index is 1.74. The summed E-state index contributed by atoms with van der Waals surface area (Å²) >= 11 is 0. The molecule has 1 saturated heterocycles. The van der Waals surface area contributed by atoms with Crippen LogP contribution in [-0.2, 0) is 4.79 Å². The average molecular weight is 290 g/mol. The quantitative estimate of drug-likeness (QED) is 0.472. The van der Waals surface area contributed by atoms with E-state index >= 15 is 0 Å². The Kier molecular flexibility index (Phi) is 5.43. The number of nitrogens with one attached hydrogen (secondary N) is 1. The van der Waals surface area contributed by atoms with Gasteiger partial charge in [-0.2, -0.15) is 0 Å². The van der Waals surface area contributed by atoms with Gasteiger partial charge in [-0.25, -0.2) is 0 Å². The van der Waals surface area contributed by atoms with Crippen molar-refractivity contribution < 1.29 is 9.53 Å². The number of hydrogen-bond acceptors (Lipinski definition) is 3. The first-order chi connectivity index (χ1) is 10.2. The van der Waals surface area contributed by atoms with Gasteiger partial charge in [0.1, 0.15) is 5.75 Å². The van der Waals surface area contributed by atoms with E-state index in [1.165, 1.54) is 0 Å². The molecule has 2 rings (SSSR count). The van der Waals surface area contributed by atoms with Crippen LogP contribution in [0.15, 0.2) is 29.3 Å². The van der Waals surface area contributed by atoms with Gasteiger partial charge in [0.05, 0.1) is 7.11 Å². The Morgan fingerprint density at radius 2 is 2.38 bits per heavy atom. The van der Waals surface area contributed by atoms with Crippen molar-refractivity contribution in [2.24, 2.45) is 10.7 Å². The van der Waals surface area contributed by atoms with Gasteiger partial charge < -0.3 is 20.7 Å². The van der Waals surface area contributed by atoms with Gasteiger partial charge in [0.2, 0.25) is 5.91 Å². The van der Waals surface area contributed by atoms with Crippen molar-refractivity contribution in [1.29, 1.82) is 0 Å². The predicted molar refractivity (Wildman–Crippen MR) is 83.5 cm³/mol. The highest BCUT2D eigenvalue weighted by Gasteiger charge is 2.18. The topological polar surface area (TPSA) is 80.0 Å². The first-order valence-electron chi connectivity index (χ1n) is 7.18. The van der Waals surface area contributed by atoms with Crippen molar-refractivity contribution in [2.75, 3.05) is 32.1 Å². The number of anilines is 1. The molecule has 1 aromatic rings. The summed E-state index contributed by atoms with van der Waals surface area (Å²) in [5.41, 5.74) is 6.67. The van der Waals surface area contributed by atoms with Crippen molar-refractivity contribution in [2.45, 2.75) is 19.3 Å². The number of carbonyl (C=O) groups is 1. The molecule has 3 N–H and O–H groups in total. The molecular formula is C15H22N4O2. The van der Waals surface area contributed by atoms with Gasteiger partial charge in [-0.15, -0.1) is 0 Å². The lowest BCUT2D eigenvalue weighted by Gasteiger charge is -2.14. The maximum Gasteiger partial charge on any atom is 0.222 e. The largest absolute Gasteiger partial charge is 0.497 e. The number of likely N-dealkylation sites (tertiary alicyclic amines) is 1. The van der Waals surface area contributed by atoms with Crippen LogP contribution in [-0.4, -0.2) is 43.5 Å². The molecule has 1 aliphatic rings. The lowest BCUT2D eigenvalue weighted by Crippen LogP contribution is -2.27. The second kappa shape index (κ2) is 7.52. The molecule has 0 bridgehead atoms. The number of carbonyl (C=O) groups excluding carboxylic acids is 1. The number of ether oxygens (including phenoxy) is 1. The normalized spacial score (nSPS) is 15.4. The molecule has 0 saturated carbocycles. The third-order valence-corrected chi connectivity index (χ3v) is 3.38. The summed E-state index contributed by atoms with van der Waals surface area (Å²) in [7, 11) is 1.62. The van der Waals surface area contributed by atoms with E-state index in [-0.39, 0.29) is 5.91 Å². The number of nitrogens with two attached hydrogens (primary N) is 1. The monoisotopic (exact) mass is 290 g/mol. The molecule has 0 aromatic heterocycles. The fraction of sp³-hybridized carbons (Fsp3) is 0.467. The van der Waals surface area contributed by atoms with Gasteiger partial charge in [0.15, 0.2) is 5.96 Å². The maximum absolute atomic E-state index is 11.4. The predicted octanol–water partition coefficient (Wildman–Crippen LogP) is 1.43. The summed E-state index contributed by atoms with van der Waals surface area (Å²) in [6.45, 7) is 2.24. The smallest absolute Gasteiger partial charge is 0.222 e. The van der Waals surface area contributed by atoms with Crippen LogP contribution in [0.1, 0.15) is 19.3 Å². The van der Waals surface area contributed by atoms with Gasteiger partial charge in [-0.1, -0.05) is 6.07 Å². The first kappa shape index (κ1) is 15.2. The summed E-state index contributed by atoms with van der Waals surface area (Å²) in [5, 5.41) is 3.02. The van der Waals surface area contributed by atoms with E-state index < -0.39 is 0 Å². The van der Waals surface area contributed by atoms with Crippen LogP contribution in [0, 0.1) is 0 Å². The molecule has 6 heteroatoms. The van der Waals surface area contributed by atoms with Crippen LogP contribution in [0.5, 0.6) is 5.75 Å². The molecule has 0 radical (unpaired) electrons. The molecule has 1 heterocycles. The van der Waals surface area contributed by atoms with Crippen LogP contribution in [0.3, 0.4) is 0 Å². The molecule has 21 heavy (non-hydrogen) atoms. The number of benzene rings is 1. The second-order valence-corrected chi connectivity index (χ2v) is 4.96. The van der Waals surface area contributed by atoms with Gasteiger partial charge >= 0.3 is 0 Å². The van der Waals surface area contributed by atoms with E-state index in [2.05, 4.69) is 10.3 Å². The molecule has 0 spiro atoms. The molecule has 114 valence electrons. The van der Waals surface area contributed by atoms with Gasteiger partial charge in [-0.3, -0.25) is 9.79 Å². The van der Waals surface area contributed by atoms with Crippen molar-refractivity contribution in [3.05, 3.63) is 24.3 Å². The average Bonchev–Trinajstić information content (AvgIpc) is 2.89. The summed E-state index contributed by atoms with van der Waals surface area (Å²) in [6, 6.07) is 7.50. The molecule has 1 aliphatic heterocycles. The van der Waals surface area contributed by atoms with Crippen molar-refractivity contribution in [3.8, 4) is 5.75 Å². The van der Waals surface area contributed by atoms with Crippen LogP contribution < -0.4 is 15.8 Å². The zero-order chi connectivity index (χ0) is 15.1. The van der Waals surface area contributed by atoms with E-state index in [0.29, 0.717) is 18.9 Å². The molecule has 0 atom stereocenters. The minimum atomic E-state index is 0.251. The van der Waals surface area contributed by atoms with Gasteiger partial charge in [0, 0.05) is 37.8 Å². The third kappa shape index (κ3) is 4.66. The van der Waals surface area contributed by atoms with Crippen LogP contribution in [0.25, 0.3) is 0 Å². The highest BCUT2D eigenvalue weighted by molar-refractivity contribution is 5.92. The maximum atomic E-state index is 11.4. The van der Waals surface area contributed by atoms with E-state index in [4.69, 9.17) is 10.5 Å². The Labute approximate surface area is 125 Å². The number of guanidine groups is 1. The number of hydrogen-bond donors (Lipinski definition) is 2. The molecule has 0 unspecified atom stereocenters. The van der Waals surface area contributed by atoms with Crippen molar-refractivity contribution >= 4 is 17.6 Å².